The summed E-state index contributed by atoms with van der Waals surface area (Å²) >= 11 is 0. The first-order valence-corrected chi connectivity index (χ1v) is 7.20. The molecule has 0 bridgehead atoms. The second-order valence-electron chi connectivity index (χ2n) is 5.07. The summed E-state index contributed by atoms with van der Waals surface area (Å²) in [6, 6.07) is 0. The van der Waals surface area contributed by atoms with Crippen LogP contribution in [-0.2, 0) is 9.47 Å². The standard InChI is InChI=1S/C15H28O2/c1-2-3-4-5-6-7-8-9-10-11-15-12-16-14-17-13-15/h2,15H,1,3-14H2. The van der Waals surface area contributed by atoms with Crippen molar-refractivity contribution in [2.75, 3.05) is 20.0 Å². The van der Waals surface area contributed by atoms with Crippen molar-refractivity contribution in [3.05, 3.63) is 12.7 Å². The topological polar surface area (TPSA) is 18.5 Å². The minimum atomic E-state index is 0.501. The van der Waals surface area contributed by atoms with E-state index in [1.54, 1.807) is 0 Å². The predicted octanol–water partition coefficient (Wildman–Crippen LogP) is 4.30. The lowest BCUT2D eigenvalue weighted by molar-refractivity contribution is -0.127. The molecule has 2 nitrogen and oxygen atoms in total. The maximum Gasteiger partial charge on any atom is 0.146 e. The normalized spacial score (nSPS) is 17.2. The number of hydrogen-bond donors (Lipinski definition) is 0. The van der Waals surface area contributed by atoms with Gasteiger partial charge < -0.3 is 9.47 Å². The van der Waals surface area contributed by atoms with Gasteiger partial charge in [-0.3, -0.25) is 0 Å². The minimum absolute atomic E-state index is 0.501. The van der Waals surface area contributed by atoms with Gasteiger partial charge in [-0.25, -0.2) is 0 Å². The van der Waals surface area contributed by atoms with Crippen molar-refractivity contribution in [3.8, 4) is 0 Å². The fourth-order valence-electron chi connectivity index (χ4n) is 2.31. The van der Waals surface area contributed by atoms with E-state index in [-0.39, 0.29) is 0 Å². The van der Waals surface area contributed by atoms with Crippen LogP contribution in [0, 0.1) is 5.92 Å². The van der Waals surface area contributed by atoms with Crippen molar-refractivity contribution in [1.29, 1.82) is 0 Å². The van der Waals surface area contributed by atoms with Crippen LogP contribution in [0.15, 0.2) is 12.7 Å². The summed E-state index contributed by atoms with van der Waals surface area (Å²) < 4.78 is 10.6. The largest absolute Gasteiger partial charge is 0.355 e. The van der Waals surface area contributed by atoms with Gasteiger partial charge >= 0.3 is 0 Å². The van der Waals surface area contributed by atoms with Crippen LogP contribution in [-0.4, -0.2) is 20.0 Å². The van der Waals surface area contributed by atoms with Crippen molar-refractivity contribution < 1.29 is 9.47 Å². The first kappa shape index (κ1) is 14.7. The van der Waals surface area contributed by atoms with Gasteiger partial charge in [-0.2, -0.15) is 0 Å². The molecule has 0 unspecified atom stereocenters. The molecular weight excluding hydrogens is 212 g/mol. The third-order valence-electron chi connectivity index (χ3n) is 3.39. The maximum absolute atomic E-state index is 5.28. The van der Waals surface area contributed by atoms with Gasteiger partial charge in [0.2, 0.25) is 0 Å². The molecule has 1 saturated heterocycles. The number of allylic oxidation sites excluding steroid dienone is 1. The van der Waals surface area contributed by atoms with Crippen molar-refractivity contribution >= 4 is 0 Å². The second-order valence-corrected chi connectivity index (χ2v) is 5.07. The lowest BCUT2D eigenvalue weighted by atomic mass is 10.0. The van der Waals surface area contributed by atoms with E-state index in [1.807, 2.05) is 6.08 Å². The molecule has 1 aliphatic rings. The molecule has 1 fully saturated rings. The molecule has 0 aliphatic carbocycles. The summed E-state index contributed by atoms with van der Waals surface area (Å²) in [4.78, 5) is 0. The Balaban J connectivity index is 1.76. The zero-order valence-electron chi connectivity index (χ0n) is 11.2. The van der Waals surface area contributed by atoms with Crippen LogP contribution in [0.4, 0.5) is 0 Å². The Kier molecular flexibility index (Phi) is 9.34. The Morgan fingerprint density at radius 2 is 1.47 bits per heavy atom. The van der Waals surface area contributed by atoms with Gasteiger partial charge in [0.25, 0.3) is 0 Å². The summed E-state index contributed by atoms with van der Waals surface area (Å²) in [6.45, 7) is 6.05. The van der Waals surface area contributed by atoms with Gasteiger partial charge in [-0.05, 0) is 19.3 Å². The third-order valence-corrected chi connectivity index (χ3v) is 3.39. The van der Waals surface area contributed by atoms with E-state index in [0.717, 1.165) is 13.2 Å². The highest BCUT2D eigenvalue weighted by molar-refractivity contribution is 4.65. The van der Waals surface area contributed by atoms with E-state index < -0.39 is 0 Å². The molecule has 0 aromatic carbocycles. The molecule has 0 radical (unpaired) electrons. The molecule has 0 saturated carbocycles. The number of hydrogen-bond acceptors (Lipinski definition) is 2. The van der Waals surface area contributed by atoms with Crippen molar-refractivity contribution in [1.82, 2.24) is 0 Å². The summed E-state index contributed by atoms with van der Waals surface area (Å²) in [5, 5.41) is 0. The SMILES string of the molecule is C=CCCCCCCCCCC1COCOC1. The van der Waals surface area contributed by atoms with Crippen LogP contribution >= 0.6 is 0 Å². The quantitative estimate of drug-likeness (QED) is 0.418. The molecule has 0 amide bonds. The minimum Gasteiger partial charge on any atom is -0.355 e. The van der Waals surface area contributed by atoms with E-state index >= 15 is 0 Å². The molecule has 100 valence electrons. The summed E-state index contributed by atoms with van der Waals surface area (Å²) in [5.74, 6) is 0.649. The van der Waals surface area contributed by atoms with Gasteiger partial charge in [0, 0.05) is 5.92 Å². The highest BCUT2D eigenvalue weighted by Gasteiger charge is 2.13. The number of unbranched alkanes of at least 4 members (excludes halogenated alkanes) is 7. The number of ether oxygens (including phenoxy) is 2. The highest BCUT2D eigenvalue weighted by atomic mass is 16.7. The van der Waals surface area contributed by atoms with E-state index in [9.17, 15) is 0 Å². The molecule has 0 N–H and O–H groups in total. The molecular formula is C15H28O2. The molecule has 1 rings (SSSR count). The van der Waals surface area contributed by atoms with Gasteiger partial charge in [0.1, 0.15) is 6.79 Å². The molecule has 1 aliphatic heterocycles. The lowest BCUT2D eigenvalue weighted by Crippen LogP contribution is -2.23. The van der Waals surface area contributed by atoms with E-state index in [4.69, 9.17) is 9.47 Å². The van der Waals surface area contributed by atoms with E-state index in [1.165, 1.54) is 57.8 Å². The van der Waals surface area contributed by atoms with Crippen molar-refractivity contribution in [2.45, 2.75) is 57.8 Å². The summed E-state index contributed by atoms with van der Waals surface area (Å²) in [7, 11) is 0. The average molecular weight is 240 g/mol. The maximum atomic E-state index is 5.28. The molecule has 0 aromatic rings. The van der Waals surface area contributed by atoms with Crippen LogP contribution in [0.3, 0.4) is 0 Å². The first-order chi connectivity index (χ1) is 8.43. The molecule has 1 heterocycles. The van der Waals surface area contributed by atoms with Gasteiger partial charge in [0.15, 0.2) is 0 Å². The van der Waals surface area contributed by atoms with Gasteiger partial charge in [-0.1, -0.05) is 44.6 Å². The van der Waals surface area contributed by atoms with Crippen LogP contribution < -0.4 is 0 Å². The molecule has 17 heavy (non-hydrogen) atoms. The average Bonchev–Trinajstić information content (AvgIpc) is 2.38. The zero-order valence-corrected chi connectivity index (χ0v) is 11.2. The van der Waals surface area contributed by atoms with Crippen molar-refractivity contribution in [3.63, 3.8) is 0 Å². The Morgan fingerprint density at radius 1 is 0.882 bits per heavy atom. The van der Waals surface area contributed by atoms with Crippen LogP contribution in [0.25, 0.3) is 0 Å². The predicted molar refractivity (Wildman–Crippen MR) is 72.0 cm³/mol. The second kappa shape index (κ2) is 10.8. The third kappa shape index (κ3) is 8.39. The highest BCUT2D eigenvalue weighted by Crippen LogP contribution is 2.16. The Hall–Kier alpha value is -0.340. The van der Waals surface area contributed by atoms with Crippen LogP contribution in [0.1, 0.15) is 57.8 Å². The van der Waals surface area contributed by atoms with Gasteiger partial charge in [0.05, 0.1) is 13.2 Å². The van der Waals surface area contributed by atoms with Gasteiger partial charge in [-0.15, -0.1) is 6.58 Å². The van der Waals surface area contributed by atoms with Crippen LogP contribution in [0.2, 0.25) is 0 Å². The lowest BCUT2D eigenvalue weighted by Gasteiger charge is -2.22. The molecule has 2 heteroatoms. The van der Waals surface area contributed by atoms with E-state index in [0.29, 0.717) is 12.7 Å². The Labute approximate surface area is 106 Å². The Bertz CT molecular complexity index is 174. The monoisotopic (exact) mass is 240 g/mol. The first-order valence-electron chi connectivity index (χ1n) is 7.20. The molecule has 0 spiro atoms. The molecule has 0 atom stereocenters. The summed E-state index contributed by atoms with van der Waals surface area (Å²) in [5.41, 5.74) is 0. The Morgan fingerprint density at radius 3 is 2.12 bits per heavy atom. The summed E-state index contributed by atoms with van der Waals surface area (Å²) in [6.07, 6.45) is 14.1. The number of rotatable bonds is 10. The van der Waals surface area contributed by atoms with Crippen LogP contribution in [0.5, 0.6) is 0 Å². The smallest absolute Gasteiger partial charge is 0.146 e. The fourth-order valence-corrected chi connectivity index (χ4v) is 2.31. The fraction of sp³-hybridized carbons (Fsp3) is 0.867. The zero-order chi connectivity index (χ0) is 12.2. The van der Waals surface area contributed by atoms with E-state index in [2.05, 4.69) is 6.58 Å². The van der Waals surface area contributed by atoms with Crippen molar-refractivity contribution in [2.24, 2.45) is 5.92 Å². The molecule has 0 aromatic heterocycles.